The summed E-state index contributed by atoms with van der Waals surface area (Å²) in [5, 5.41) is 9.92. The van der Waals surface area contributed by atoms with E-state index in [-0.39, 0.29) is 11.8 Å². The molecule has 2 heterocycles. The number of aromatic nitrogens is 1. The van der Waals surface area contributed by atoms with Gasteiger partial charge >= 0.3 is 5.97 Å². The molecule has 22 heavy (non-hydrogen) atoms. The second-order valence-corrected chi connectivity index (χ2v) is 5.54. The molecule has 1 amide bonds. The van der Waals surface area contributed by atoms with E-state index < -0.39 is 5.97 Å². The van der Waals surface area contributed by atoms with E-state index in [1.165, 1.54) is 0 Å². The molecule has 1 saturated heterocycles. The molecular weight excluding hydrogens is 284 g/mol. The number of rotatable bonds is 3. The average Bonchev–Trinajstić information content (AvgIpc) is 2.97. The maximum absolute atomic E-state index is 12.5. The van der Waals surface area contributed by atoms with Crippen LogP contribution in [0.25, 0.3) is 10.9 Å². The fraction of sp³-hybridized carbons (Fsp3) is 0.375. The standard InChI is InChI=1S/C16H18N2O4/c1-22-12-2-3-13-11(8-12)9-14(17-13)15(19)18-6-4-10(5-7-18)16(20)21/h2-3,8-10,17H,4-7H2,1H3,(H,20,21). The molecule has 3 rings (SSSR count). The number of fused-ring (bicyclic) bond motifs is 1. The number of nitrogens with zero attached hydrogens (tertiary/aromatic N) is 1. The van der Waals surface area contributed by atoms with Gasteiger partial charge in [-0.05, 0) is 37.1 Å². The molecule has 0 saturated carbocycles. The van der Waals surface area contributed by atoms with Gasteiger partial charge in [-0.25, -0.2) is 0 Å². The van der Waals surface area contributed by atoms with Gasteiger partial charge in [-0.1, -0.05) is 0 Å². The summed E-state index contributed by atoms with van der Waals surface area (Å²) in [6, 6.07) is 7.40. The molecule has 6 nitrogen and oxygen atoms in total. The van der Waals surface area contributed by atoms with Crippen LogP contribution < -0.4 is 4.74 Å². The van der Waals surface area contributed by atoms with Crippen LogP contribution in [0, 0.1) is 5.92 Å². The maximum Gasteiger partial charge on any atom is 0.306 e. The van der Waals surface area contributed by atoms with Crippen LogP contribution >= 0.6 is 0 Å². The molecule has 1 aromatic carbocycles. The van der Waals surface area contributed by atoms with Gasteiger partial charge in [0, 0.05) is 24.0 Å². The molecule has 0 radical (unpaired) electrons. The topological polar surface area (TPSA) is 82.6 Å². The van der Waals surface area contributed by atoms with Gasteiger partial charge < -0.3 is 19.7 Å². The van der Waals surface area contributed by atoms with Gasteiger partial charge in [0.25, 0.3) is 5.91 Å². The molecule has 0 unspecified atom stereocenters. The normalized spacial score (nSPS) is 16.0. The van der Waals surface area contributed by atoms with E-state index in [4.69, 9.17) is 9.84 Å². The van der Waals surface area contributed by atoms with Crippen LogP contribution in [0.5, 0.6) is 5.75 Å². The molecule has 1 aliphatic heterocycles. The summed E-state index contributed by atoms with van der Waals surface area (Å²) < 4.78 is 5.18. The molecule has 1 fully saturated rings. The lowest BCUT2D eigenvalue weighted by Crippen LogP contribution is -2.40. The van der Waals surface area contributed by atoms with Crippen molar-refractivity contribution in [2.24, 2.45) is 5.92 Å². The number of hydrogen-bond donors (Lipinski definition) is 2. The number of aromatic amines is 1. The molecule has 0 aliphatic carbocycles. The van der Waals surface area contributed by atoms with Gasteiger partial charge in [-0.2, -0.15) is 0 Å². The molecule has 0 spiro atoms. The number of methoxy groups -OCH3 is 1. The zero-order valence-corrected chi connectivity index (χ0v) is 12.3. The van der Waals surface area contributed by atoms with Crippen LogP contribution in [0.15, 0.2) is 24.3 Å². The second-order valence-electron chi connectivity index (χ2n) is 5.54. The number of benzene rings is 1. The maximum atomic E-state index is 12.5. The first kappa shape index (κ1) is 14.4. The van der Waals surface area contributed by atoms with E-state index in [9.17, 15) is 9.59 Å². The van der Waals surface area contributed by atoms with Crippen molar-refractivity contribution in [2.45, 2.75) is 12.8 Å². The molecule has 6 heteroatoms. The Morgan fingerprint density at radius 2 is 2.00 bits per heavy atom. The number of amides is 1. The minimum atomic E-state index is -0.773. The van der Waals surface area contributed by atoms with E-state index in [0.717, 1.165) is 16.7 Å². The number of carboxylic acid groups (broad SMARTS) is 1. The third-order valence-corrected chi connectivity index (χ3v) is 4.19. The number of hydrogen-bond acceptors (Lipinski definition) is 3. The van der Waals surface area contributed by atoms with Crippen molar-refractivity contribution in [3.8, 4) is 5.75 Å². The number of H-pyrrole nitrogens is 1. The van der Waals surface area contributed by atoms with Gasteiger partial charge in [-0.15, -0.1) is 0 Å². The minimum absolute atomic E-state index is 0.0843. The Hall–Kier alpha value is -2.50. The number of ether oxygens (including phenoxy) is 1. The summed E-state index contributed by atoms with van der Waals surface area (Å²) in [5.41, 5.74) is 1.40. The second kappa shape index (κ2) is 5.71. The number of carbonyl (C=O) groups excluding carboxylic acids is 1. The fourth-order valence-electron chi connectivity index (χ4n) is 2.85. The first-order valence-corrected chi connectivity index (χ1v) is 7.27. The lowest BCUT2D eigenvalue weighted by molar-refractivity contribution is -0.143. The minimum Gasteiger partial charge on any atom is -0.497 e. The van der Waals surface area contributed by atoms with Gasteiger partial charge in [0.1, 0.15) is 11.4 Å². The van der Waals surface area contributed by atoms with Crippen molar-refractivity contribution >= 4 is 22.8 Å². The number of carboxylic acids is 1. The van der Waals surface area contributed by atoms with Gasteiger partial charge in [0.05, 0.1) is 13.0 Å². The van der Waals surface area contributed by atoms with Crippen LogP contribution in [-0.2, 0) is 4.79 Å². The molecule has 116 valence electrons. The highest BCUT2D eigenvalue weighted by molar-refractivity contribution is 5.98. The van der Waals surface area contributed by atoms with Crippen LogP contribution in [0.1, 0.15) is 23.3 Å². The van der Waals surface area contributed by atoms with E-state index in [1.807, 2.05) is 24.3 Å². The number of likely N-dealkylation sites (tertiary alicyclic amines) is 1. The summed E-state index contributed by atoms with van der Waals surface area (Å²) in [6.45, 7) is 0.961. The zero-order valence-electron chi connectivity index (χ0n) is 12.3. The van der Waals surface area contributed by atoms with Crippen LogP contribution in [0.3, 0.4) is 0 Å². The summed E-state index contributed by atoms with van der Waals surface area (Å²) in [7, 11) is 1.60. The Morgan fingerprint density at radius 1 is 1.27 bits per heavy atom. The quantitative estimate of drug-likeness (QED) is 0.909. The zero-order chi connectivity index (χ0) is 15.7. The van der Waals surface area contributed by atoms with Crippen LogP contribution in [0.4, 0.5) is 0 Å². The monoisotopic (exact) mass is 302 g/mol. The van der Waals surface area contributed by atoms with Crippen molar-refractivity contribution in [3.63, 3.8) is 0 Å². The molecule has 2 N–H and O–H groups in total. The Morgan fingerprint density at radius 3 is 2.64 bits per heavy atom. The van der Waals surface area contributed by atoms with Gasteiger partial charge in [0.15, 0.2) is 0 Å². The first-order chi connectivity index (χ1) is 10.6. The largest absolute Gasteiger partial charge is 0.497 e. The summed E-state index contributed by atoms with van der Waals surface area (Å²) in [6.07, 6.45) is 1.02. The first-order valence-electron chi connectivity index (χ1n) is 7.27. The Balaban J connectivity index is 1.76. The lowest BCUT2D eigenvalue weighted by atomic mass is 9.97. The number of aliphatic carboxylic acids is 1. The summed E-state index contributed by atoms with van der Waals surface area (Å²) in [5.74, 6) is -0.451. The van der Waals surface area contributed by atoms with Crippen LogP contribution in [-0.4, -0.2) is 47.1 Å². The Labute approximate surface area is 127 Å². The predicted octanol–water partition coefficient (Wildman–Crippen LogP) is 2.11. The Bertz CT molecular complexity index is 714. The highest BCUT2D eigenvalue weighted by atomic mass is 16.5. The van der Waals surface area contributed by atoms with Crippen molar-refractivity contribution in [1.29, 1.82) is 0 Å². The van der Waals surface area contributed by atoms with E-state index in [2.05, 4.69) is 4.98 Å². The summed E-state index contributed by atoms with van der Waals surface area (Å²) >= 11 is 0. The smallest absolute Gasteiger partial charge is 0.306 e. The van der Waals surface area contributed by atoms with E-state index >= 15 is 0 Å². The van der Waals surface area contributed by atoms with Gasteiger partial charge in [0.2, 0.25) is 0 Å². The highest BCUT2D eigenvalue weighted by Crippen LogP contribution is 2.24. The average molecular weight is 302 g/mol. The third kappa shape index (κ3) is 2.64. The lowest BCUT2D eigenvalue weighted by Gasteiger charge is -2.29. The number of nitrogens with one attached hydrogen (secondary N) is 1. The van der Waals surface area contributed by atoms with E-state index in [1.54, 1.807) is 12.0 Å². The van der Waals surface area contributed by atoms with Crippen molar-refractivity contribution in [1.82, 2.24) is 9.88 Å². The number of carbonyl (C=O) groups is 2. The van der Waals surface area contributed by atoms with Crippen LogP contribution in [0.2, 0.25) is 0 Å². The van der Waals surface area contributed by atoms with Crippen molar-refractivity contribution in [2.75, 3.05) is 20.2 Å². The van der Waals surface area contributed by atoms with Gasteiger partial charge in [-0.3, -0.25) is 9.59 Å². The van der Waals surface area contributed by atoms with Crippen molar-refractivity contribution < 1.29 is 19.4 Å². The molecule has 0 bridgehead atoms. The predicted molar refractivity (Wildman–Crippen MR) is 81.1 cm³/mol. The number of piperidine rings is 1. The third-order valence-electron chi connectivity index (χ3n) is 4.19. The molecular formula is C16H18N2O4. The molecule has 2 aromatic rings. The highest BCUT2D eigenvalue weighted by Gasteiger charge is 2.28. The van der Waals surface area contributed by atoms with Crippen molar-refractivity contribution in [3.05, 3.63) is 30.0 Å². The SMILES string of the molecule is COc1ccc2[nH]c(C(=O)N3CCC(C(=O)O)CC3)cc2c1. The molecule has 1 aliphatic rings. The van der Waals surface area contributed by atoms with E-state index in [0.29, 0.717) is 31.6 Å². The molecule has 1 aromatic heterocycles. The summed E-state index contributed by atoms with van der Waals surface area (Å²) in [4.78, 5) is 28.3. The Kier molecular flexibility index (Phi) is 3.75. The molecule has 0 atom stereocenters. The fourth-order valence-corrected chi connectivity index (χ4v) is 2.85.